The molecule has 0 atom stereocenters. The van der Waals surface area contributed by atoms with Crippen LogP contribution in [0.15, 0.2) is 24.3 Å². The van der Waals surface area contributed by atoms with Gasteiger partial charge >= 0.3 is 0 Å². The number of carbonyl (C=O) groups excluding carboxylic acids is 1. The van der Waals surface area contributed by atoms with Gasteiger partial charge in [0.25, 0.3) is 0 Å². The SMILES string of the molecule is C=C(/C=C/C(C)(C)C)C(C)=O. The first-order valence-electron chi connectivity index (χ1n) is 3.72. The first-order chi connectivity index (χ1) is 4.83. The van der Waals surface area contributed by atoms with Crippen LogP contribution in [0.4, 0.5) is 0 Å². The van der Waals surface area contributed by atoms with Gasteiger partial charge in [0.05, 0.1) is 0 Å². The molecular formula is C10H16O. The van der Waals surface area contributed by atoms with E-state index in [0.29, 0.717) is 5.57 Å². The molecule has 0 spiro atoms. The first-order valence-corrected chi connectivity index (χ1v) is 3.72. The summed E-state index contributed by atoms with van der Waals surface area (Å²) in [5, 5.41) is 0. The van der Waals surface area contributed by atoms with E-state index in [-0.39, 0.29) is 11.2 Å². The smallest absolute Gasteiger partial charge is 0.159 e. The summed E-state index contributed by atoms with van der Waals surface area (Å²) in [7, 11) is 0. The van der Waals surface area contributed by atoms with E-state index >= 15 is 0 Å². The average Bonchev–Trinajstić information content (AvgIpc) is 1.80. The van der Waals surface area contributed by atoms with Gasteiger partial charge < -0.3 is 0 Å². The van der Waals surface area contributed by atoms with Gasteiger partial charge in [0.1, 0.15) is 0 Å². The third kappa shape index (κ3) is 5.59. The van der Waals surface area contributed by atoms with Gasteiger partial charge in [-0.15, -0.1) is 0 Å². The molecule has 0 saturated heterocycles. The Morgan fingerprint density at radius 1 is 1.36 bits per heavy atom. The normalized spacial score (nSPS) is 12.0. The highest BCUT2D eigenvalue weighted by molar-refractivity contribution is 5.95. The van der Waals surface area contributed by atoms with Crippen molar-refractivity contribution in [1.82, 2.24) is 0 Å². The summed E-state index contributed by atoms with van der Waals surface area (Å²) in [6.45, 7) is 11.4. The van der Waals surface area contributed by atoms with Crippen molar-refractivity contribution >= 4 is 5.78 Å². The van der Waals surface area contributed by atoms with Gasteiger partial charge in [-0.3, -0.25) is 4.79 Å². The second-order valence-electron chi connectivity index (χ2n) is 3.78. The van der Waals surface area contributed by atoms with Crippen LogP contribution in [0.25, 0.3) is 0 Å². The Kier molecular flexibility index (Phi) is 3.24. The van der Waals surface area contributed by atoms with E-state index in [9.17, 15) is 4.79 Å². The molecule has 0 aromatic carbocycles. The molecule has 11 heavy (non-hydrogen) atoms. The fraction of sp³-hybridized carbons (Fsp3) is 0.500. The molecule has 1 nitrogen and oxygen atoms in total. The summed E-state index contributed by atoms with van der Waals surface area (Å²) in [6, 6.07) is 0. The minimum absolute atomic E-state index is 0.0329. The largest absolute Gasteiger partial charge is 0.295 e. The van der Waals surface area contributed by atoms with Crippen LogP contribution in [0.3, 0.4) is 0 Å². The lowest BCUT2D eigenvalue weighted by Gasteiger charge is -2.10. The summed E-state index contributed by atoms with van der Waals surface area (Å²) in [4.78, 5) is 10.7. The zero-order chi connectivity index (χ0) is 9.07. The number of hydrogen-bond donors (Lipinski definition) is 0. The second kappa shape index (κ2) is 3.51. The van der Waals surface area contributed by atoms with Crippen molar-refractivity contribution in [2.24, 2.45) is 5.41 Å². The summed E-state index contributed by atoms with van der Waals surface area (Å²) in [5.41, 5.74) is 0.693. The molecule has 1 heteroatoms. The number of hydrogen-bond acceptors (Lipinski definition) is 1. The van der Waals surface area contributed by atoms with Crippen molar-refractivity contribution in [2.75, 3.05) is 0 Å². The summed E-state index contributed by atoms with van der Waals surface area (Å²) in [5.74, 6) is 0.0329. The van der Waals surface area contributed by atoms with E-state index in [4.69, 9.17) is 0 Å². The van der Waals surface area contributed by atoms with Crippen LogP contribution in [0.1, 0.15) is 27.7 Å². The standard InChI is InChI=1S/C10H16O/c1-8(9(2)11)6-7-10(3,4)5/h6-7H,1H2,2-5H3/b7-6+. The van der Waals surface area contributed by atoms with Crippen molar-refractivity contribution in [3.8, 4) is 0 Å². The molecule has 0 aliphatic rings. The van der Waals surface area contributed by atoms with Crippen LogP contribution in [0, 0.1) is 5.41 Å². The number of Topliss-reactive ketones (excluding diaryl/α,β-unsaturated/α-hetero) is 1. The summed E-state index contributed by atoms with van der Waals surface area (Å²) >= 11 is 0. The second-order valence-corrected chi connectivity index (χ2v) is 3.78. The molecule has 0 bridgehead atoms. The van der Waals surface area contributed by atoms with E-state index in [0.717, 1.165) is 0 Å². The predicted octanol–water partition coefficient (Wildman–Crippen LogP) is 2.73. The lowest BCUT2D eigenvalue weighted by Crippen LogP contribution is -2.00. The van der Waals surface area contributed by atoms with E-state index in [2.05, 4.69) is 27.4 Å². The predicted molar refractivity (Wildman–Crippen MR) is 48.4 cm³/mol. The van der Waals surface area contributed by atoms with E-state index < -0.39 is 0 Å². The molecule has 0 aromatic heterocycles. The maximum Gasteiger partial charge on any atom is 0.159 e. The van der Waals surface area contributed by atoms with Gasteiger partial charge in [-0.1, -0.05) is 39.5 Å². The van der Waals surface area contributed by atoms with E-state index in [1.165, 1.54) is 6.92 Å². The van der Waals surface area contributed by atoms with Crippen molar-refractivity contribution in [3.63, 3.8) is 0 Å². The van der Waals surface area contributed by atoms with E-state index in [1.54, 1.807) is 6.08 Å². The van der Waals surface area contributed by atoms with Gasteiger partial charge in [-0.2, -0.15) is 0 Å². The monoisotopic (exact) mass is 152 g/mol. The van der Waals surface area contributed by atoms with Gasteiger partial charge in [0.15, 0.2) is 5.78 Å². The molecule has 0 saturated carbocycles. The lowest BCUT2D eigenvalue weighted by atomic mass is 9.95. The minimum atomic E-state index is 0.0329. The van der Waals surface area contributed by atoms with Crippen LogP contribution >= 0.6 is 0 Å². The molecule has 0 N–H and O–H groups in total. The molecule has 0 fully saturated rings. The number of carbonyl (C=O) groups is 1. The highest BCUT2D eigenvalue weighted by Gasteiger charge is 2.04. The van der Waals surface area contributed by atoms with Crippen LogP contribution in [0.2, 0.25) is 0 Å². The average molecular weight is 152 g/mol. The molecule has 62 valence electrons. The van der Waals surface area contributed by atoms with Crippen molar-refractivity contribution in [2.45, 2.75) is 27.7 Å². The Hall–Kier alpha value is -0.850. The molecule has 0 heterocycles. The van der Waals surface area contributed by atoms with Gasteiger partial charge in [-0.25, -0.2) is 0 Å². The van der Waals surface area contributed by atoms with Gasteiger partial charge in [0, 0.05) is 5.57 Å². The maximum absolute atomic E-state index is 10.7. The van der Waals surface area contributed by atoms with Crippen LogP contribution in [-0.2, 0) is 4.79 Å². The fourth-order valence-electron chi connectivity index (χ4n) is 0.468. The Bertz CT molecular complexity index is 191. The Labute approximate surface area is 68.8 Å². The highest BCUT2D eigenvalue weighted by Crippen LogP contribution is 2.15. The van der Waals surface area contributed by atoms with Crippen molar-refractivity contribution < 1.29 is 4.79 Å². The Balaban J connectivity index is 4.16. The molecular weight excluding hydrogens is 136 g/mol. The third-order valence-corrected chi connectivity index (χ3v) is 1.24. The first kappa shape index (κ1) is 10.2. The number of ketones is 1. The lowest BCUT2D eigenvalue weighted by molar-refractivity contribution is -0.113. The topological polar surface area (TPSA) is 17.1 Å². The van der Waals surface area contributed by atoms with Crippen molar-refractivity contribution in [3.05, 3.63) is 24.3 Å². The zero-order valence-electron chi connectivity index (χ0n) is 7.77. The van der Waals surface area contributed by atoms with Crippen LogP contribution in [-0.4, -0.2) is 5.78 Å². The van der Waals surface area contributed by atoms with Gasteiger partial charge in [0.2, 0.25) is 0 Å². The molecule has 0 rings (SSSR count). The minimum Gasteiger partial charge on any atom is -0.295 e. The summed E-state index contributed by atoms with van der Waals surface area (Å²) < 4.78 is 0. The van der Waals surface area contributed by atoms with Crippen LogP contribution in [0.5, 0.6) is 0 Å². The maximum atomic E-state index is 10.7. The molecule has 0 aromatic rings. The summed E-state index contributed by atoms with van der Waals surface area (Å²) in [6.07, 6.45) is 3.76. The third-order valence-electron chi connectivity index (χ3n) is 1.24. The van der Waals surface area contributed by atoms with Crippen molar-refractivity contribution in [1.29, 1.82) is 0 Å². The fourth-order valence-corrected chi connectivity index (χ4v) is 0.468. The van der Waals surface area contributed by atoms with Crippen LogP contribution < -0.4 is 0 Å². The van der Waals surface area contributed by atoms with Gasteiger partial charge in [-0.05, 0) is 12.3 Å². The molecule has 0 unspecified atom stereocenters. The molecule has 0 aliphatic heterocycles. The highest BCUT2D eigenvalue weighted by atomic mass is 16.1. The Morgan fingerprint density at radius 2 is 1.82 bits per heavy atom. The quantitative estimate of drug-likeness (QED) is 0.439. The Morgan fingerprint density at radius 3 is 2.09 bits per heavy atom. The zero-order valence-corrected chi connectivity index (χ0v) is 7.77. The molecule has 0 radical (unpaired) electrons. The molecule has 0 amide bonds. The van der Waals surface area contributed by atoms with E-state index in [1.807, 2.05) is 6.08 Å². The number of rotatable bonds is 2. The molecule has 0 aliphatic carbocycles. The number of allylic oxidation sites excluding steroid dienone is 3.